The molecule has 102 valence electrons. The Morgan fingerprint density at radius 2 is 2.35 bits per heavy atom. The number of aliphatic hydroxyl groups is 1. The van der Waals surface area contributed by atoms with Gasteiger partial charge in [0.1, 0.15) is 5.82 Å². The van der Waals surface area contributed by atoms with Crippen molar-refractivity contribution in [1.82, 2.24) is 10.2 Å². The second kappa shape index (κ2) is 6.50. The number of rotatable bonds is 3. The van der Waals surface area contributed by atoms with Gasteiger partial charge >= 0.3 is 0 Å². The molecule has 0 atom stereocenters. The molecule has 0 fully saturated rings. The summed E-state index contributed by atoms with van der Waals surface area (Å²) in [6.07, 6.45) is 3.11. The number of hydrogen-bond donors (Lipinski definition) is 3. The Morgan fingerprint density at radius 1 is 1.50 bits per heavy atom. The Labute approximate surface area is 114 Å². The number of amides is 1. The number of anilines is 1. The summed E-state index contributed by atoms with van der Waals surface area (Å²) in [5.41, 5.74) is 0.915. The third kappa shape index (κ3) is 3.43. The number of aromatic amines is 1. The fraction of sp³-hybridized carbons (Fsp3) is 0.143. The summed E-state index contributed by atoms with van der Waals surface area (Å²) in [4.78, 5) is 11.7. The number of hydrogen-bond acceptors (Lipinski definition) is 3. The maximum Gasteiger partial charge on any atom is 0.258 e. The highest BCUT2D eigenvalue weighted by Gasteiger charge is 2.08. The minimum absolute atomic E-state index is 0.0620. The molecule has 1 aromatic heterocycles. The van der Waals surface area contributed by atoms with Gasteiger partial charge in [0.15, 0.2) is 0 Å². The third-order valence-corrected chi connectivity index (χ3v) is 2.45. The SMILES string of the molecule is O=C(Nc1ccc(C#CCCO)c(F)c1)c1cn[nH]c1. The smallest absolute Gasteiger partial charge is 0.258 e. The largest absolute Gasteiger partial charge is 0.395 e. The van der Waals surface area contributed by atoms with Crippen LogP contribution in [0.25, 0.3) is 0 Å². The van der Waals surface area contributed by atoms with E-state index in [1.54, 1.807) is 6.07 Å². The van der Waals surface area contributed by atoms with Crippen molar-refractivity contribution < 1.29 is 14.3 Å². The fourth-order valence-electron chi connectivity index (χ4n) is 1.49. The van der Waals surface area contributed by atoms with Gasteiger partial charge in [0.05, 0.1) is 23.9 Å². The summed E-state index contributed by atoms with van der Waals surface area (Å²) in [6.45, 7) is -0.0620. The monoisotopic (exact) mass is 273 g/mol. The van der Waals surface area contributed by atoms with Gasteiger partial charge < -0.3 is 10.4 Å². The second-order valence-corrected chi connectivity index (χ2v) is 3.91. The van der Waals surface area contributed by atoms with Crippen LogP contribution in [0.1, 0.15) is 22.3 Å². The first-order chi connectivity index (χ1) is 9.70. The summed E-state index contributed by atoms with van der Waals surface area (Å²) in [5, 5.41) is 17.3. The van der Waals surface area contributed by atoms with Crippen LogP contribution in [0.2, 0.25) is 0 Å². The highest BCUT2D eigenvalue weighted by atomic mass is 19.1. The zero-order valence-corrected chi connectivity index (χ0v) is 10.5. The van der Waals surface area contributed by atoms with E-state index >= 15 is 0 Å². The minimum atomic E-state index is -0.527. The van der Waals surface area contributed by atoms with Crippen LogP contribution in [0.5, 0.6) is 0 Å². The topological polar surface area (TPSA) is 78.0 Å². The Balaban J connectivity index is 2.10. The molecule has 0 spiro atoms. The Kier molecular flexibility index (Phi) is 4.47. The van der Waals surface area contributed by atoms with Gasteiger partial charge in [-0.2, -0.15) is 5.10 Å². The molecule has 0 radical (unpaired) electrons. The number of nitrogens with one attached hydrogen (secondary N) is 2. The van der Waals surface area contributed by atoms with E-state index in [-0.39, 0.29) is 18.1 Å². The summed E-state index contributed by atoms with van der Waals surface area (Å²) in [5.74, 6) is 4.34. The van der Waals surface area contributed by atoms with Gasteiger partial charge in [-0.05, 0) is 18.2 Å². The van der Waals surface area contributed by atoms with Crippen LogP contribution in [0.15, 0.2) is 30.6 Å². The standard InChI is InChI=1S/C14H12FN3O2/c15-13-7-12(5-4-10(13)3-1-2-6-19)18-14(20)11-8-16-17-9-11/h4-5,7-9,19H,2,6H2,(H,16,17)(H,18,20). The van der Waals surface area contributed by atoms with Crippen molar-refractivity contribution in [2.45, 2.75) is 6.42 Å². The molecule has 1 heterocycles. The van der Waals surface area contributed by atoms with Crippen molar-refractivity contribution in [2.75, 3.05) is 11.9 Å². The number of halogens is 1. The van der Waals surface area contributed by atoms with E-state index in [9.17, 15) is 9.18 Å². The number of nitrogens with zero attached hydrogens (tertiary/aromatic N) is 1. The lowest BCUT2D eigenvalue weighted by Gasteiger charge is -2.04. The lowest BCUT2D eigenvalue weighted by molar-refractivity contribution is 0.102. The molecule has 0 saturated heterocycles. The number of aromatic nitrogens is 2. The molecule has 1 amide bonds. The maximum atomic E-state index is 13.7. The number of H-pyrrole nitrogens is 1. The van der Waals surface area contributed by atoms with Crippen LogP contribution >= 0.6 is 0 Å². The van der Waals surface area contributed by atoms with Gasteiger partial charge in [-0.15, -0.1) is 0 Å². The predicted molar refractivity (Wildman–Crippen MR) is 71.5 cm³/mol. The molecule has 0 aliphatic heterocycles. The van der Waals surface area contributed by atoms with E-state index in [1.807, 2.05) is 0 Å². The first-order valence-electron chi connectivity index (χ1n) is 5.90. The summed E-state index contributed by atoms with van der Waals surface area (Å²) in [6, 6.07) is 4.23. The molecule has 0 bridgehead atoms. The first kappa shape index (κ1) is 13.8. The van der Waals surface area contributed by atoms with Crippen molar-refractivity contribution >= 4 is 11.6 Å². The molecule has 5 nitrogen and oxygen atoms in total. The normalized spacial score (nSPS) is 9.70. The molecule has 0 saturated carbocycles. The Morgan fingerprint density at radius 3 is 3.00 bits per heavy atom. The van der Waals surface area contributed by atoms with E-state index in [2.05, 4.69) is 27.4 Å². The average Bonchev–Trinajstić information content (AvgIpc) is 2.95. The number of aliphatic hydroxyl groups excluding tert-OH is 1. The Bertz CT molecular complexity index is 657. The fourth-order valence-corrected chi connectivity index (χ4v) is 1.49. The van der Waals surface area contributed by atoms with Crippen LogP contribution in [0.4, 0.5) is 10.1 Å². The van der Waals surface area contributed by atoms with Gasteiger partial charge in [-0.3, -0.25) is 9.89 Å². The number of carbonyl (C=O) groups is 1. The first-order valence-corrected chi connectivity index (χ1v) is 5.90. The summed E-state index contributed by atoms with van der Waals surface area (Å²) >= 11 is 0. The van der Waals surface area contributed by atoms with Crippen LogP contribution in [0.3, 0.4) is 0 Å². The van der Waals surface area contributed by atoms with Gasteiger partial charge in [-0.1, -0.05) is 11.8 Å². The molecule has 20 heavy (non-hydrogen) atoms. The summed E-state index contributed by atoms with van der Waals surface area (Å²) in [7, 11) is 0. The quantitative estimate of drug-likeness (QED) is 0.742. The van der Waals surface area contributed by atoms with Crippen molar-refractivity contribution in [1.29, 1.82) is 0 Å². The number of carbonyl (C=O) groups excluding carboxylic acids is 1. The molecule has 3 N–H and O–H groups in total. The van der Waals surface area contributed by atoms with Gasteiger partial charge in [0, 0.05) is 18.3 Å². The maximum absolute atomic E-state index is 13.7. The minimum Gasteiger partial charge on any atom is -0.395 e. The highest BCUT2D eigenvalue weighted by Crippen LogP contribution is 2.14. The van der Waals surface area contributed by atoms with E-state index in [4.69, 9.17) is 5.11 Å². The van der Waals surface area contributed by atoms with Gasteiger partial charge in [0.2, 0.25) is 0 Å². The number of benzene rings is 1. The van der Waals surface area contributed by atoms with Crippen molar-refractivity contribution in [3.8, 4) is 11.8 Å². The Hall–Kier alpha value is -2.65. The van der Waals surface area contributed by atoms with Crippen LogP contribution in [-0.2, 0) is 0 Å². The van der Waals surface area contributed by atoms with E-state index in [0.29, 0.717) is 17.7 Å². The molecular formula is C14H12FN3O2. The molecule has 6 heteroatoms. The molecular weight excluding hydrogens is 261 g/mol. The lowest BCUT2D eigenvalue weighted by Crippen LogP contribution is -2.11. The van der Waals surface area contributed by atoms with E-state index in [1.165, 1.54) is 24.5 Å². The van der Waals surface area contributed by atoms with Crippen molar-refractivity contribution in [2.24, 2.45) is 0 Å². The molecule has 2 rings (SSSR count). The molecule has 1 aromatic carbocycles. The third-order valence-electron chi connectivity index (χ3n) is 2.45. The summed E-state index contributed by atoms with van der Waals surface area (Å²) < 4.78 is 13.7. The second-order valence-electron chi connectivity index (χ2n) is 3.91. The van der Waals surface area contributed by atoms with Gasteiger partial charge in [0.25, 0.3) is 5.91 Å². The predicted octanol–water partition coefficient (Wildman–Crippen LogP) is 1.53. The zero-order valence-electron chi connectivity index (χ0n) is 10.5. The average molecular weight is 273 g/mol. The van der Waals surface area contributed by atoms with Crippen molar-refractivity contribution in [3.05, 3.63) is 47.5 Å². The van der Waals surface area contributed by atoms with Crippen LogP contribution in [0, 0.1) is 17.7 Å². The van der Waals surface area contributed by atoms with E-state index in [0.717, 1.165) is 0 Å². The van der Waals surface area contributed by atoms with E-state index < -0.39 is 5.82 Å². The molecule has 0 aliphatic rings. The van der Waals surface area contributed by atoms with Crippen LogP contribution in [-0.4, -0.2) is 27.8 Å². The van der Waals surface area contributed by atoms with Crippen LogP contribution < -0.4 is 5.32 Å². The van der Waals surface area contributed by atoms with Gasteiger partial charge in [-0.25, -0.2) is 4.39 Å². The zero-order chi connectivity index (χ0) is 14.4. The molecule has 2 aromatic rings. The lowest BCUT2D eigenvalue weighted by atomic mass is 10.2. The molecule has 0 unspecified atom stereocenters. The van der Waals surface area contributed by atoms with Crippen molar-refractivity contribution in [3.63, 3.8) is 0 Å². The highest BCUT2D eigenvalue weighted by molar-refractivity contribution is 6.03. The molecule has 0 aliphatic carbocycles.